The molecule has 2 rings (SSSR count). The Morgan fingerprint density at radius 3 is 2.94 bits per heavy atom. The molecule has 18 heavy (non-hydrogen) atoms. The van der Waals surface area contributed by atoms with Gasteiger partial charge in [0.05, 0.1) is 0 Å². The second-order valence-electron chi connectivity index (χ2n) is 4.96. The van der Waals surface area contributed by atoms with E-state index in [1.807, 2.05) is 13.1 Å². The number of likely N-dealkylation sites (tertiary alicyclic amines) is 1. The Hall–Kier alpha value is -0.450. The fraction of sp³-hybridized carbons (Fsp3) is 0.571. The second kappa shape index (κ2) is 6.13. The molecule has 0 saturated carbocycles. The van der Waals surface area contributed by atoms with Crippen LogP contribution in [0.4, 0.5) is 4.39 Å². The van der Waals surface area contributed by atoms with E-state index in [2.05, 4.69) is 33.1 Å². The average Bonchev–Trinajstić information content (AvgIpc) is 2.38. The molecule has 2 unspecified atom stereocenters. The summed E-state index contributed by atoms with van der Waals surface area (Å²) in [6, 6.07) is 5.85. The van der Waals surface area contributed by atoms with Gasteiger partial charge >= 0.3 is 0 Å². The topological polar surface area (TPSA) is 15.3 Å². The van der Waals surface area contributed by atoms with Crippen molar-refractivity contribution in [3.05, 3.63) is 34.1 Å². The van der Waals surface area contributed by atoms with Crippen LogP contribution < -0.4 is 5.32 Å². The monoisotopic (exact) mass is 314 g/mol. The summed E-state index contributed by atoms with van der Waals surface area (Å²) in [5, 5.41) is 3.35. The standard InChI is InChI=1S/C14H20BrFN2/c1-10(13-6-5-11(16)8-14(13)15)18-7-3-4-12(9-18)17-2/h5-6,8,10,12,17H,3-4,7,9H2,1-2H3. The summed E-state index contributed by atoms with van der Waals surface area (Å²) in [5.74, 6) is -0.190. The van der Waals surface area contributed by atoms with Gasteiger partial charge in [-0.05, 0) is 51.1 Å². The number of hydrogen-bond acceptors (Lipinski definition) is 2. The van der Waals surface area contributed by atoms with Crippen LogP contribution in [-0.2, 0) is 0 Å². The Kier molecular flexibility index (Phi) is 4.76. The molecule has 0 spiro atoms. The minimum absolute atomic E-state index is 0.190. The van der Waals surface area contributed by atoms with E-state index in [-0.39, 0.29) is 5.82 Å². The van der Waals surface area contributed by atoms with Gasteiger partial charge in [-0.25, -0.2) is 4.39 Å². The van der Waals surface area contributed by atoms with E-state index in [0.717, 1.165) is 23.1 Å². The second-order valence-corrected chi connectivity index (χ2v) is 5.82. The van der Waals surface area contributed by atoms with Gasteiger partial charge in [0.25, 0.3) is 0 Å². The van der Waals surface area contributed by atoms with Crippen LogP contribution in [0.3, 0.4) is 0 Å². The number of benzene rings is 1. The Bertz CT molecular complexity index is 411. The Labute approximate surface area is 117 Å². The third kappa shape index (κ3) is 3.11. The molecule has 1 aliphatic heterocycles. The van der Waals surface area contributed by atoms with Crippen LogP contribution in [-0.4, -0.2) is 31.1 Å². The highest BCUT2D eigenvalue weighted by Crippen LogP contribution is 2.30. The van der Waals surface area contributed by atoms with Gasteiger partial charge in [-0.2, -0.15) is 0 Å². The maximum atomic E-state index is 13.1. The number of likely N-dealkylation sites (N-methyl/N-ethyl adjacent to an activating group) is 1. The maximum Gasteiger partial charge on any atom is 0.124 e. The summed E-state index contributed by atoms with van der Waals surface area (Å²) in [4.78, 5) is 2.46. The van der Waals surface area contributed by atoms with Gasteiger partial charge < -0.3 is 5.32 Å². The molecule has 1 heterocycles. The highest BCUT2D eigenvalue weighted by Gasteiger charge is 2.24. The first-order valence-electron chi connectivity index (χ1n) is 6.48. The van der Waals surface area contributed by atoms with Crippen LogP contribution in [0, 0.1) is 5.82 Å². The molecule has 1 aromatic carbocycles. The average molecular weight is 315 g/mol. The molecule has 1 N–H and O–H groups in total. The van der Waals surface area contributed by atoms with Crippen LogP contribution in [0.1, 0.15) is 31.4 Å². The van der Waals surface area contributed by atoms with Crippen molar-refractivity contribution in [1.82, 2.24) is 10.2 Å². The van der Waals surface area contributed by atoms with Gasteiger partial charge in [0.1, 0.15) is 5.82 Å². The van der Waals surface area contributed by atoms with Crippen LogP contribution >= 0.6 is 15.9 Å². The molecule has 2 atom stereocenters. The Morgan fingerprint density at radius 2 is 2.28 bits per heavy atom. The van der Waals surface area contributed by atoms with Gasteiger partial charge in [-0.1, -0.05) is 22.0 Å². The van der Waals surface area contributed by atoms with Crippen molar-refractivity contribution < 1.29 is 4.39 Å². The van der Waals surface area contributed by atoms with Crippen molar-refractivity contribution >= 4 is 15.9 Å². The molecular weight excluding hydrogens is 295 g/mol. The molecular formula is C14H20BrFN2. The van der Waals surface area contributed by atoms with Crippen molar-refractivity contribution in [1.29, 1.82) is 0 Å². The molecule has 1 aliphatic rings. The summed E-state index contributed by atoms with van der Waals surface area (Å²) in [6.45, 7) is 4.36. The Morgan fingerprint density at radius 1 is 1.50 bits per heavy atom. The molecule has 1 aromatic rings. The predicted molar refractivity (Wildman–Crippen MR) is 76.2 cm³/mol. The number of piperidine rings is 1. The van der Waals surface area contributed by atoms with Gasteiger partial charge in [0.15, 0.2) is 0 Å². The lowest BCUT2D eigenvalue weighted by molar-refractivity contribution is 0.149. The normalized spacial score (nSPS) is 23.0. The van der Waals surface area contributed by atoms with Crippen LogP contribution in [0.5, 0.6) is 0 Å². The Balaban J connectivity index is 2.12. The lowest BCUT2D eigenvalue weighted by Gasteiger charge is -2.37. The van der Waals surface area contributed by atoms with Gasteiger partial charge in [-0.15, -0.1) is 0 Å². The van der Waals surface area contributed by atoms with E-state index in [1.165, 1.54) is 18.9 Å². The molecule has 0 amide bonds. The lowest BCUT2D eigenvalue weighted by atomic mass is 10.0. The molecule has 1 fully saturated rings. The van der Waals surface area contributed by atoms with Gasteiger partial charge in [-0.3, -0.25) is 4.90 Å². The summed E-state index contributed by atoms with van der Waals surface area (Å²) in [5.41, 5.74) is 1.16. The van der Waals surface area contributed by atoms with Crippen molar-refractivity contribution in [2.45, 2.75) is 31.8 Å². The van der Waals surface area contributed by atoms with E-state index in [0.29, 0.717) is 12.1 Å². The number of nitrogens with one attached hydrogen (secondary N) is 1. The number of hydrogen-bond donors (Lipinski definition) is 1. The quantitative estimate of drug-likeness (QED) is 0.920. The van der Waals surface area contributed by atoms with E-state index in [1.54, 1.807) is 6.07 Å². The zero-order chi connectivity index (χ0) is 13.1. The first kappa shape index (κ1) is 14.0. The molecule has 4 heteroatoms. The van der Waals surface area contributed by atoms with Crippen molar-refractivity contribution in [3.8, 4) is 0 Å². The van der Waals surface area contributed by atoms with Crippen molar-refractivity contribution in [2.24, 2.45) is 0 Å². The van der Waals surface area contributed by atoms with E-state index in [4.69, 9.17) is 0 Å². The van der Waals surface area contributed by atoms with Crippen molar-refractivity contribution in [3.63, 3.8) is 0 Å². The summed E-state index contributed by atoms with van der Waals surface area (Å²) in [6.07, 6.45) is 2.46. The molecule has 0 aromatic heterocycles. The molecule has 100 valence electrons. The third-order valence-corrected chi connectivity index (χ3v) is 4.51. The third-order valence-electron chi connectivity index (χ3n) is 3.82. The zero-order valence-corrected chi connectivity index (χ0v) is 12.5. The highest BCUT2D eigenvalue weighted by molar-refractivity contribution is 9.10. The summed E-state index contributed by atoms with van der Waals surface area (Å²) < 4.78 is 14.0. The SMILES string of the molecule is CNC1CCCN(C(C)c2ccc(F)cc2Br)C1. The summed E-state index contributed by atoms with van der Waals surface area (Å²) in [7, 11) is 2.02. The number of halogens is 2. The van der Waals surface area contributed by atoms with E-state index < -0.39 is 0 Å². The first-order valence-corrected chi connectivity index (χ1v) is 7.27. The lowest BCUT2D eigenvalue weighted by Crippen LogP contribution is -2.45. The van der Waals surface area contributed by atoms with Gasteiger partial charge in [0, 0.05) is 23.1 Å². The molecule has 1 saturated heterocycles. The summed E-state index contributed by atoms with van der Waals surface area (Å²) >= 11 is 3.46. The van der Waals surface area contributed by atoms with Crippen LogP contribution in [0.25, 0.3) is 0 Å². The number of rotatable bonds is 3. The predicted octanol–water partition coefficient (Wildman–Crippen LogP) is 3.33. The number of nitrogens with zero attached hydrogens (tertiary/aromatic N) is 1. The fourth-order valence-corrected chi connectivity index (χ4v) is 3.31. The van der Waals surface area contributed by atoms with Crippen LogP contribution in [0.2, 0.25) is 0 Å². The van der Waals surface area contributed by atoms with Crippen molar-refractivity contribution in [2.75, 3.05) is 20.1 Å². The maximum absolute atomic E-state index is 13.1. The van der Waals surface area contributed by atoms with Crippen LogP contribution in [0.15, 0.2) is 22.7 Å². The van der Waals surface area contributed by atoms with E-state index in [9.17, 15) is 4.39 Å². The molecule has 2 nitrogen and oxygen atoms in total. The molecule has 0 bridgehead atoms. The molecule has 0 aliphatic carbocycles. The minimum atomic E-state index is -0.190. The largest absolute Gasteiger partial charge is 0.316 e. The fourth-order valence-electron chi connectivity index (χ4n) is 2.63. The van der Waals surface area contributed by atoms with Gasteiger partial charge in [0.2, 0.25) is 0 Å². The molecule has 0 radical (unpaired) electrons. The van der Waals surface area contributed by atoms with E-state index >= 15 is 0 Å². The smallest absolute Gasteiger partial charge is 0.124 e. The first-order chi connectivity index (χ1) is 8.61. The highest BCUT2D eigenvalue weighted by atomic mass is 79.9. The minimum Gasteiger partial charge on any atom is -0.316 e. The zero-order valence-electron chi connectivity index (χ0n) is 10.9.